The minimum Gasteiger partial charge on any atom is -0.310 e. The molecule has 0 bridgehead atoms. The van der Waals surface area contributed by atoms with Gasteiger partial charge in [-0.05, 0) is 45.7 Å². The van der Waals surface area contributed by atoms with Crippen LogP contribution in [0.4, 0.5) is 0 Å². The molecule has 0 aromatic heterocycles. The van der Waals surface area contributed by atoms with E-state index in [1.54, 1.807) is 0 Å². The van der Waals surface area contributed by atoms with E-state index in [4.69, 9.17) is 0 Å². The van der Waals surface area contributed by atoms with Gasteiger partial charge in [-0.2, -0.15) is 0 Å². The van der Waals surface area contributed by atoms with E-state index in [-0.39, 0.29) is 0 Å². The van der Waals surface area contributed by atoms with Gasteiger partial charge in [0.1, 0.15) is 0 Å². The predicted molar refractivity (Wildman–Crippen MR) is 76.4 cm³/mol. The molecule has 102 valence electrons. The van der Waals surface area contributed by atoms with Gasteiger partial charge in [0.15, 0.2) is 0 Å². The van der Waals surface area contributed by atoms with Crippen LogP contribution in [0.2, 0.25) is 0 Å². The van der Waals surface area contributed by atoms with Crippen molar-refractivity contribution in [3.05, 3.63) is 0 Å². The van der Waals surface area contributed by atoms with Crippen molar-refractivity contribution >= 4 is 0 Å². The van der Waals surface area contributed by atoms with Gasteiger partial charge in [-0.25, -0.2) is 0 Å². The summed E-state index contributed by atoms with van der Waals surface area (Å²) in [7, 11) is 4.34. The molecule has 2 nitrogen and oxygen atoms in total. The van der Waals surface area contributed by atoms with E-state index in [9.17, 15) is 0 Å². The molecule has 0 spiro atoms. The highest BCUT2D eigenvalue weighted by Gasteiger charge is 2.23. The van der Waals surface area contributed by atoms with Crippen molar-refractivity contribution in [2.45, 2.75) is 65.0 Å². The topological polar surface area (TPSA) is 15.3 Å². The Bertz CT molecular complexity index is 195. The summed E-state index contributed by atoms with van der Waals surface area (Å²) in [5.41, 5.74) is 0. The van der Waals surface area contributed by atoms with Crippen molar-refractivity contribution in [2.75, 3.05) is 20.6 Å². The van der Waals surface area contributed by atoms with Crippen LogP contribution in [-0.2, 0) is 0 Å². The zero-order chi connectivity index (χ0) is 12.8. The fourth-order valence-electron chi connectivity index (χ4n) is 2.96. The summed E-state index contributed by atoms with van der Waals surface area (Å²) in [5, 5.41) is 3.88. The maximum absolute atomic E-state index is 3.88. The molecule has 0 saturated heterocycles. The molecule has 0 aromatic carbocycles. The molecule has 0 aromatic rings. The van der Waals surface area contributed by atoms with Gasteiger partial charge in [-0.15, -0.1) is 0 Å². The number of nitrogens with zero attached hydrogens (tertiary/aromatic N) is 1. The van der Waals surface area contributed by atoms with Crippen molar-refractivity contribution in [3.8, 4) is 0 Å². The molecule has 2 unspecified atom stereocenters. The fraction of sp³-hybridized carbons (Fsp3) is 1.00. The van der Waals surface area contributed by atoms with Crippen LogP contribution < -0.4 is 5.32 Å². The second-order valence-electron chi connectivity index (χ2n) is 6.47. The Labute approximate surface area is 108 Å². The Hall–Kier alpha value is -0.0800. The first-order valence-corrected chi connectivity index (χ1v) is 7.41. The number of likely N-dealkylation sites (N-methyl/N-ethyl adjacent to an activating group) is 1. The molecule has 0 aliphatic heterocycles. The molecule has 0 radical (unpaired) electrons. The smallest absolute Gasteiger partial charge is 0.0220 e. The van der Waals surface area contributed by atoms with Gasteiger partial charge in [0, 0.05) is 18.6 Å². The standard InChI is InChI=1S/C15H32N2/c1-12(2)15(11-17(4)5)16-13(3)14-9-7-6-8-10-14/h12-16H,6-11H2,1-5H3. The first-order chi connectivity index (χ1) is 8.00. The lowest BCUT2D eigenvalue weighted by atomic mass is 9.84. The maximum Gasteiger partial charge on any atom is 0.0220 e. The van der Waals surface area contributed by atoms with Gasteiger partial charge < -0.3 is 10.2 Å². The van der Waals surface area contributed by atoms with Crippen molar-refractivity contribution in [1.82, 2.24) is 10.2 Å². The van der Waals surface area contributed by atoms with Crippen LogP contribution in [0.3, 0.4) is 0 Å². The number of hydrogen-bond acceptors (Lipinski definition) is 2. The van der Waals surface area contributed by atoms with Crippen molar-refractivity contribution in [1.29, 1.82) is 0 Å². The number of rotatable bonds is 6. The molecule has 1 N–H and O–H groups in total. The molecule has 1 aliphatic rings. The van der Waals surface area contributed by atoms with Gasteiger partial charge in [0.25, 0.3) is 0 Å². The summed E-state index contributed by atoms with van der Waals surface area (Å²) in [5.74, 6) is 1.62. The summed E-state index contributed by atoms with van der Waals surface area (Å²) in [4.78, 5) is 2.30. The molecule has 1 aliphatic carbocycles. The molecule has 2 atom stereocenters. The van der Waals surface area contributed by atoms with E-state index >= 15 is 0 Å². The second-order valence-corrected chi connectivity index (χ2v) is 6.47. The lowest BCUT2D eigenvalue weighted by Crippen LogP contribution is -2.48. The molecule has 1 rings (SSSR count). The SMILES string of the molecule is CC(C)C(CN(C)C)NC(C)C1CCCCC1. The molecule has 0 heterocycles. The Morgan fingerprint density at radius 1 is 1.06 bits per heavy atom. The molecule has 1 fully saturated rings. The molecule has 0 amide bonds. The number of nitrogens with one attached hydrogen (secondary N) is 1. The van der Waals surface area contributed by atoms with Gasteiger partial charge in [-0.1, -0.05) is 33.1 Å². The van der Waals surface area contributed by atoms with Crippen LogP contribution in [0.5, 0.6) is 0 Å². The van der Waals surface area contributed by atoms with E-state index in [0.29, 0.717) is 18.0 Å². The fourth-order valence-corrected chi connectivity index (χ4v) is 2.96. The van der Waals surface area contributed by atoms with E-state index < -0.39 is 0 Å². The quantitative estimate of drug-likeness (QED) is 0.767. The van der Waals surface area contributed by atoms with E-state index in [1.807, 2.05) is 0 Å². The van der Waals surface area contributed by atoms with Gasteiger partial charge in [0.2, 0.25) is 0 Å². The normalized spacial score (nSPS) is 22.1. The lowest BCUT2D eigenvalue weighted by molar-refractivity contribution is 0.218. The molecular formula is C15H32N2. The highest BCUT2D eigenvalue weighted by atomic mass is 15.1. The average Bonchev–Trinajstić information content (AvgIpc) is 2.28. The molecular weight excluding hydrogens is 208 g/mol. The zero-order valence-electron chi connectivity index (χ0n) is 12.5. The van der Waals surface area contributed by atoms with Crippen molar-refractivity contribution in [2.24, 2.45) is 11.8 Å². The summed E-state index contributed by atoms with van der Waals surface area (Å²) in [6.45, 7) is 8.19. The largest absolute Gasteiger partial charge is 0.310 e. The van der Waals surface area contributed by atoms with Gasteiger partial charge >= 0.3 is 0 Å². The highest BCUT2D eigenvalue weighted by molar-refractivity contribution is 4.82. The molecule has 17 heavy (non-hydrogen) atoms. The van der Waals surface area contributed by atoms with Gasteiger partial charge in [0.05, 0.1) is 0 Å². The van der Waals surface area contributed by atoms with Crippen LogP contribution in [0, 0.1) is 11.8 Å². The van der Waals surface area contributed by atoms with Crippen LogP contribution in [0.1, 0.15) is 52.9 Å². The third-order valence-electron chi connectivity index (χ3n) is 4.20. The first-order valence-electron chi connectivity index (χ1n) is 7.41. The van der Waals surface area contributed by atoms with Crippen molar-refractivity contribution < 1.29 is 0 Å². The Kier molecular flexibility index (Phi) is 6.50. The van der Waals surface area contributed by atoms with E-state index in [1.165, 1.54) is 32.1 Å². The Morgan fingerprint density at radius 2 is 1.65 bits per heavy atom. The first kappa shape index (κ1) is 15.0. The minimum atomic E-state index is 0.627. The third kappa shape index (κ3) is 5.39. The van der Waals surface area contributed by atoms with Crippen LogP contribution in [0.25, 0.3) is 0 Å². The third-order valence-corrected chi connectivity index (χ3v) is 4.20. The van der Waals surface area contributed by atoms with Crippen LogP contribution in [0.15, 0.2) is 0 Å². The van der Waals surface area contributed by atoms with Crippen molar-refractivity contribution in [3.63, 3.8) is 0 Å². The number of hydrogen-bond donors (Lipinski definition) is 1. The van der Waals surface area contributed by atoms with Crippen LogP contribution in [-0.4, -0.2) is 37.6 Å². The van der Waals surface area contributed by atoms with Gasteiger partial charge in [-0.3, -0.25) is 0 Å². The predicted octanol–water partition coefficient (Wildman–Crippen LogP) is 3.13. The molecule has 2 heteroatoms. The zero-order valence-corrected chi connectivity index (χ0v) is 12.5. The second kappa shape index (κ2) is 7.38. The minimum absolute atomic E-state index is 0.627. The Morgan fingerprint density at radius 3 is 2.12 bits per heavy atom. The lowest BCUT2D eigenvalue weighted by Gasteiger charge is -2.34. The summed E-state index contributed by atoms with van der Waals surface area (Å²) >= 11 is 0. The highest BCUT2D eigenvalue weighted by Crippen LogP contribution is 2.26. The van der Waals surface area contributed by atoms with E-state index in [2.05, 4.69) is 45.1 Å². The van der Waals surface area contributed by atoms with Crippen LogP contribution >= 0.6 is 0 Å². The van der Waals surface area contributed by atoms with E-state index in [0.717, 1.165) is 12.5 Å². The average molecular weight is 240 g/mol. The Balaban J connectivity index is 2.41. The summed E-state index contributed by atoms with van der Waals surface area (Å²) in [6, 6.07) is 1.31. The summed E-state index contributed by atoms with van der Waals surface area (Å²) in [6.07, 6.45) is 7.20. The molecule has 1 saturated carbocycles. The maximum atomic E-state index is 3.88. The summed E-state index contributed by atoms with van der Waals surface area (Å²) < 4.78 is 0. The monoisotopic (exact) mass is 240 g/mol.